The zero-order valence-corrected chi connectivity index (χ0v) is 19.2. The van der Waals surface area contributed by atoms with Crippen LogP contribution in [-0.4, -0.2) is 42.3 Å². The Bertz CT molecular complexity index is 945. The van der Waals surface area contributed by atoms with Gasteiger partial charge in [-0.15, -0.1) is 0 Å². The van der Waals surface area contributed by atoms with Crippen molar-refractivity contribution in [3.05, 3.63) is 59.7 Å². The van der Waals surface area contributed by atoms with Crippen molar-refractivity contribution in [3.63, 3.8) is 0 Å². The van der Waals surface area contributed by atoms with Gasteiger partial charge >= 0.3 is 12.1 Å². The Morgan fingerprint density at radius 1 is 0.970 bits per heavy atom. The Hall–Kier alpha value is -3.35. The van der Waals surface area contributed by atoms with Crippen molar-refractivity contribution < 1.29 is 24.2 Å². The van der Waals surface area contributed by atoms with Gasteiger partial charge in [0.2, 0.25) is 5.91 Å². The van der Waals surface area contributed by atoms with Gasteiger partial charge in [0.25, 0.3) is 0 Å². The Kier molecular flexibility index (Phi) is 8.46. The van der Waals surface area contributed by atoms with E-state index < -0.39 is 12.1 Å². The summed E-state index contributed by atoms with van der Waals surface area (Å²) in [6.07, 6.45) is 1.04. The zero-order valence-electron chi connectivity index (χ0n) is 19.2. The molecule has 0 fully saturated rings. The SMILES string of the molecule is CC(CCNC(=O)CC(C)NC(=O)OCC1c2ccccc2-c2ccccc21)CCC(=O)O. The van der Waals surface area contributed by atoms with Crippen molar-refractivity contribution >= 4 is 18.0 Å². The van der Waals surface area contributed by atoms with Gasteiger partial charge in [-0.2, -0.15) is 0 Å². The summed E-state index contributed by atoms with van der Waals surface area (Å²) in [5.41, 5.74) is 4.64. The number of aliphatic carboxylic acids is 1. The third kappa shape index (κ3) is 6.81. The predicted molar refractivity (Wildman–Crippen MR) is 126 cm³/mol. The fourth-order valence-corrected chi connectivity index (χ4v) is 4.21. The molecule has 33 heavy (non-hydrogen) atoms. The number of carboxylic acids is 1. The fourth-order valence-electron chi connectivity index (χ4n) is 4.21. The summed E-state index contributed by atoms with van der Waals surface area (Å²) in [5.74, 6) is -0.756. The average Bonchev–Trinajstić information content (AvgIpc) is 3.10. The maximum absolute atomic E-state index is 12.3. The van der Waals surface area contributed by atoms with E-state index in [0.29, 0.717) is 19.4 Å². The number of carbonyl (C=O) groups excluding carboxylic acids is 2. The van der Waals surface area contributed by atoms with Crippen LogP contribution in [0.1, 0.15) is 56.6 Å². The second kappa shape index (κ2) is 11.5. The maximum atomic E-state index is 12.3. The minimum Gasteiger partial charge on any atom is -0.481 e. The Labute approximate surface area is 194 Å². The number of benzene rings is 2. The standard InChI is InChI=1S/C26H32N2O5/c1-17(11-12-25(30)31)13-14-27-24(29)15-18(2)28-26(32)33-16-23-21-9-5-3-7-19(21)20-8-4-6-10-22(20)23/h3-10,17-18,23H,11-16H2,1-2H3,(H,27,29)(H,28,32)(H,30,31). The van der Waals surface area contributed by atoms with Crippen LogP contribution in [0.15, 0.2) is 48.5 Å². The molecule has 7 nitrogen and oxygen atoms in total. The highest BCUT2D eigenvalue weighted by Gasteiger charge is 2.29. The van der Waals surface area contributed by atoms with Gasteiger partial charge in [-0.25, -0.2) is 4.79 Å². The number of ether oxygens (including phenoxy) is 1. The van der Waals surface area contributed by atoms with E-state index in [1.54, 1.807) is 6.92 Å². The molecule has 0 aromatic heterocycles. The molecule has 0 aliphatic heterocycles. The van der Waals surface area contributed by atoms with E-state index in [-0.39, 0.29) is 43.2 Å². The number of alkyl carbamates (subject to hydrolysis) is 1. The van der Waals surface area contributed by atoms with E-state index >= 15 is 0 Å². The van der Waals surface area contributed by atoms with Gasteiger partial charge in [0.05, 0.1) is 0 Å². The average molecular weight is 453 g/mol. The summed E-state index contributed by atoms with van der Waals surface area (Å²) in [6.45, 7) is 4.44. The molecule has 1 aliphatic carbocycles. The fraction of sp³-hybridized carbons (Fsp3) is 0.423. The number of nitrogens with one attached hydrogen (secondary N) is 2. The molecule has 0 heterocycles. The lowest BCUT2D eigenvalue weighted by atomic mass is 9.98. The lowest BCUT2D eigenvalue weighted by Crippen LogP contribution is -2.38. The van der Waals surface area contributed by atoms with E-state index in [1.165, 1.54) is 11.1 Å². The summed E-state index contributed by atoms with van der Waals surface area (Å²) in [4.78, 5) is 35.1. The molecule has 2 aromatic carbocycles. The van der Waals surface area contributed by atoms with Crippen molar-refractivity contribution in [3.8, 4) is 11.1 Å². The van der Waals surface area contributed by atoms with Crippen molar-refractivity contribution in [2.24, 2.45) is 5.92 Å². The summed E-state index contributed by atoms with van der Waals surface area (Å²) < 4.78 is 5.52. The topological polar surface area (TPSA) is 105 Å². The number of rotatable bonds is 11. The Balaban J connectivity index is 1.40. The van der Waals surface area contributed by atoms with Crippen molar-refractivity contribution in [2.45, 2.75) is 51.5 Å². The largest absolute Gasteiger partial charge is 0.481 e. The number of carbonyl (C=O) groups is 3. The van der Waals surface area contributed by atoms with Crippen LogP contribution in [0.3, 0.4) is 0 Å². The quantitative estimate of drug-likeness (QED) is 0.471. The van der Waals surface area contributed by atoms with Gasteiger partial charge in [0.15, 0.2) is 0 Å². The van der Waals surface area contributed by atoms with Crippen LogP contribution < -0.4 is 10.6 Å². The Morgan fingerprint density at radius 3 is 2.18 bits per heavy atom. The molecule has 3 N–H and O–H groups in total. The number of hydrogen-bond donors (Lipinski definition) is 3. The first-order valence-corrected chi connectivity index (χ1v) is 11.4. The molecule has 2 aromatic rings. The number of hydrogen-bond acceptors (Lipinski definition) is 4. The number of fused-ring (bicyclic) bond motifs is 3. The minimum absolute atomic E-state index is 0.00938. The molecule has 1 aliphatic rings. The van der Waals surface area contributed by atoms with E-state index in [4.69, 9.17) is 9.84 Å². The highest BCUT2D eigenvalue weighted by atomic mass is 16.5. The summed E-state index contributed by atoms with van der Waals surface area (Å²) in [7, 11) is 0. The zero-order chi connectivity index (χ0) is 23.8. The highest BCUT2D eigenvalue weighted by Crippen LogP contribution is 2.44. The third-order valence-corrected chi connectivity index (χ3v) is 6.01. The first kappa shape index (κ1) is 24.3. The van der Waals surface area contributed by atoms with Gasteiger partial charge in [0, 0.05) is 31.3 Å². The van der Waals surface area contributed by atoms with Gasteiger partial charge < -0.3 is 20.5 Å². The molecule has 7 heteroatoms. The van der Waals surface area contributed by atoms with E-state index in [2.05, 4.69) is 34.9 Å². The molecule has 2 amide bonds. The molecule has 0 bridgehead atoms. The molecule has 176 valence electrons. The van der Waals surface area contributed by atoms with Crippen LogP contribution in [0, 0.1) is 5.92 Å². The van der Waals surface area contributed by atoms with Gasteiger partial charge in [0.1, 0.15) is 6.61 Å². The molecular formula is C26H32N2O5. The lowest BCUT2D eigenvalue weighted by molar-refractivity contribution is -0.137. The normalized spacial score (nSPS) is 14.0. The van der Waals surface area contributed by atoms with Crippen LogP contribution in [0.4, 0.5) is 4.79 Å². The molecule has 2 atom stereocenters. The summed E-state index contributed by atoms with van der Waals surface area (Å²) in [5, 5.41) is 14.3. The second-order valence-electron chi connectivity index (χ2n) is 8.75. The van der Waals surface area contributed by atoms with E-state index in [9.17, 15) is 14.4 Å². The second-order valence-corrected chi connectivity index (χ2v) is 8.75. The number of carboxylic acid groups (broad SMARTS) is 1. The van der Waals surface area contributed by atoms with Gasteiger partial charge in [-0.3, -0.25) is 9.59 Å². The molecular weight excluding hydrogens is 420 g/mol. The van der Waals surface area contributed by atoms with Crippen LogP contribution in [0.25, 0.3) is 11.1 Å². The predicted octanol–water partition coefficient (Wildman–Crippen LogP) is 4.31. The first-order valence-electron chi connectivity index (χ1n) is 11.4. The minimum atomic E-state index is -0.806. The maximum Gasteiger partial charge on any atom is 0.407 e. The van der Waals surface area contributed by atoms with E-state index in [1.807, 2.05) is 31.2 Å². The third-order valence-electron chi connectivity index (χ3n) is 6.01. The van der Waals surface area contributed by atoms with Crippen molar-refractivity contribution in [2.75, 3.05) is 13.2 Å². The van der Waals surface area contributed by atoms with Crippen LogP contribution >= 0.6 is 0 Å². The van der Waals surface area contributed by atoms with Crippen LogP contribution in [-0.2, 0) is 14.3 Å². The molecule has 0 saturated heterocycles. The molecule has 0 radical (unpaired) electrons. The van der Waals surface area contributed by atoms with Crippen LogP contribution in [0.2, 0.25) is 0 Å². The molecule has 3 rings (SSSR count). The van der Waals surface area contributed by atoms with Crippen molar-refractivity contribution in [1.29, 1.82) is 0 Å². The summed E-state index contributed by atoms with van der Waals surface area (Å²) >= 11 is 0. The monoisotopic (exact) mass is 452 g/mol. The molecule has 0 saturated carbocycles. The van der Waals surface area contributed by atoms with Crippen molar-refractivity contribution in [1.82, 2.24) is 10.6 Å². The number of amides is 2. The highest BCUT2D eigenvalue weighted by molar-refractivity contribution is 5.79. The van der Waals surface area contributed by atoms with Gasteiger partial charge in [-0.05, 0) is 47.9 Å². The summed E-state index contributed by atoms with van der Waals surface area (Å²) in [6, 6.07) is 15.9. The first-order chi connectivity index (χ1) is 15.8. The Morgan fingerprint density at radius 2 is 1.58 bits per heavy atom. The smallest absolute Gasteiger partial charge is 0.407 e. The molecule has 2 unspecified atom stereocenters. The van der Waals surface area contributed by atoms with E-state index in [0.717, 1.165) is 11.1 Å². The lowest BCUT2D eigenvalue weighted by Gasteiger charge is -2.17. The molecule has 0 spiro atoms. The van der Waals surface area contributed by atoms with Crippen LogP contribution in [0.5, 0.6) is 0 Å². The van der Waals surface area contributed by atoms with Gasteiger partial charge in [-0.1, -0.05) is 55.5 Å².